The number of rotatable bonds is 6. The average molecular weight is 428 g/mol. The van der Waals surface area contributed by atoms with E-state index in [1.54, 1.807) is 47.4 Å². The minimum absolute atomic E-state index is 0.0673. The number of hydrogen-bond donors (Lipinski definition) is 1. The normalized spacial score (nSPS) is 19.5. The van der Waals surface area contributed by atoms with E-state index in [2.05, 4.69) is 6.92 Å². The summed E-state index contributed by atoms with van der Waals surface area (Å²) in [5, 5.41) is 11.6. The standard InChI is InChI=1S/C23H22ClNO5/c1-2-3-4-11-25-20(14-5-8-16(24)9-6-14)19(22(27)23(25)28)21(26)15-7-10-17-18(12-15)30-13-29-17/h5-10,12,20,26H,2-4,11,13H2,1H3/b21-19-. The molecular weight excluding hydrogens is 406 g/mol. The first kappa shape index (κ1) is 20.3. The lowest BCUT2D eigenvalue weighted by molar-refractivity contribution is -0.139. The average Bonchev–Trinajstić information content (AvgIpc) is 3.31. The molecule has 0 aliphatic carbocycles. The van der Waals surface area contributed by atoms with E-state index < -0.39 is 17.7 Å². The van der Waals surface area contributed by atoms with Crippen molar-refractivity contribution >= 4 is 29.1 Å². The molecule has 1 unspecified atom stereocenters. The van der Waals surface area contributed by atoms with Crippen LogP contribution in [0, 0.1) is 0 Å². The first-order valence-electron chi connectivity index (χ1n) is 9.95. The van der Waals surface area contributed by atoms with Gasteiger partial charge in [-0.05, 0) is 42.3 Å². The van der Waals surface area contributed by atoms with Gasteiger partial charge in [-0.1, -0.05) is 43.5 Å². The molecule has 2 aliphatic heterocycles. The van der Waals surface area contributed by atoms with Crippen LogP contribution in [0.4, 0.5) is 0 Å². The van der Waals surface area contributed by atoms with Gasteiger partial charge in [0, 0.05) is 17.1 Å². The van der Waals surface area contributed by atoms with Crippen molar-refractivity contribution < 1.29 is 24.2 Å². The fourth-order valence-corrected chi connectivity index (χ4v) is 3.96. The van der Waals surface area contributed by atoms with Crippen LogP contribution in [-0.4, -0.2) is 35.0 Å². The molecule has 30 heavy (non-hydrogen) atoms. The van der Waals surface area contributed by atoms with Crippen LogP contribution in [0.5, 0.6) is 11.5 Å². The Kier molecular flexibility index (Phi) is 5.68. The number of halogens is 1. The van der Waals surface area contributed by atoms with Gasteiger partial charge >= 0.3 is 0 Å². The molecule has 1 amide bonds. The van der Waals surface area contributed by atoms with Gasteiger partial charge < -0.3 is 19.5 Å². The first-order valence-corrected chi connectivity index (χ1v) is 10.3. The maximum atomic E-state index is 13.0. The second kappa shape index (κ2) is 8.40. The number of Topliss-reactive ketones (excluding diaryl/α,β-unsaturated/α-hetero) is 1. The predicted octanol–water partition coefficient (Wildman–Crippen LogP) is 4.68. The Morgan fingerprint density at radius 1 is 1.10 bits per heavy atom. The number of hydrogen-bond acceptors (Lipinski definition) is 5. The van der Waals surface area contributed by atoms with Crippen LogP contribution in [0.15, 0.2) is 48.0 Å². The lowest BCUT2D eigenvalue weighted by atomic mass is 9.95. The summed E-state index contributed by atoms with van der Waals surface area (Å²) in [5.74, 6) is -0.473. The van der Waals surface area contributed by atoms with E-state index in [-0.39, 0.29) is 18.1 Å². The van der Waals surface area contributed by atoms with Gasteiger partial charge in [-0.15, -0.1) is 0 Å². The Morgan fingerprint density at radius 3 is 2.57 bits per heavy atom. The smallest absolute Gasteiger partial charge is 0.295 e. The molecule has 6 nitrogen and oxygen atoms in total. The largest absolute Gasteiger partial charge is 0.507 e. The molecule has 1 atom stereocenters. The van der Waals surface area contributed by atoms with Gasteiger partial charge in [0.1, 0.15) is 5.76 Å². The van der Waals surface area contributed by atoms with E-state index in [0.29, 0.717) is 28.6 Å². The molecule has 4 rings (SSSR count). The molecule has 1 N–H and O–H groups in total. The zero-order chi connectivity index (χ0) is 21.3. The quantitative estimate of drug-likeness (QED) is 0.313. The van der Waals surface area contributed by atoms with Gasteiger partial charge in [-0.3, -0.25) is 9.59 Å². The summed E-state index contributed by atoms with van der Waals surface area (Å²) in [7, 11) is 0. The van der Waals surface area contributed by atoms with Gasteiger partial charge in [-0.2, -0.15) is 0 Å². The summed E-state index contributed by atoms with van der Waals surface area (Å²) in [4.78, 5) is 27.3. The molecule has 2 heterocycles. The maximum Gasteiger partial charge on any atom is 0.295 e. The Hall–Kier alpha value is -2.99. The second-order valence-corrected chi connectivity index (χ2v) is 7.76. The third kappa shape index (κ3) is 3.63. The highest BCUT2D eigenvalue weighted by Gasteiger charge is 2.45. The van der Waals surface area contributed by atoms with E-state index in [1.807, 2.05) is 0 Å². The molecule has 0 bridgehead atoms. The third-order valence-electron chi connectivity index (χ3n) is 5.37. The number of aliphatic hydroxyl groups is 1. The molecule has 7 heteroatoms. The van der Waals surface area contributed by atoms with Gasteiger partial charge in [-0.25, -0.2) is 0 Å². The van der Waals surface area contributed by atoms with E-state index in [9.17, 15) is 14.7 Å². The Balaban J connectivity index is 1.80. The molecule has 0 aromatic heterocycles. The summed E-state index contributed by atoms with van der Waals surface area (Å²) >= 11 is 6.03. The predicted molar refractivity (Wildman–Crippen MR) is 113 cm³/mol. The molecule has 2 aromatic rings. The highest BCUT2D eigenvalue weighted by Crippen LogP contribution is 2.41. The lowest BCUT2D eigenvalue weighted by Crippen LogP contribution is -2.30. The number of amides is 1. The van der Waals surface area contributed by atoms with Gasteiger partial charge in [0.15, 0.2) is 11.5 Å². The Morgan fingerprint density at radius 2 is 1.83 bits per heavy atom. The fraction of sp³-hybridized carbons (Fsp3) is 0.304. The Labute approximate surface area is 179 Å². The highest BCUT2D eigenvalue weighted by molar-refractivity contribution is 6.46. The van der Waals surface area contributed by atoms with E-state index in [1.165, 1.54) is 0 Å². The molecule has 0 spiro atoms. The molecular formula is C23H22ClNO5. The van der Waals surface area contributed by atoms with Crippen LogP contribution in [-0.2, 0) is 9.59 Å². The van der Waals surface area contributed by atoms with Crippen molar-refractivity contribution in [3.63, 3.8) is 0 Å². The fourth-order valence-electron chi connectivity index (χ4n) is 3.83. The van der Waals surface area contributed by atoms with Crippen LogP contribution in [0.1, 0.15) is 43.4 Å². The van der Waals surface area contributed by atoms with Crippen LogP contribution in [0.2, 0.25) is 5.02 Å². The van der Waals surface area contributed by atoms with Crippen molar-refractivity contribution in [2.45, 2.75) is 32.2 Å². The number of carbonyl (C=O) groups excluding carboxylic acids is 2. The summed E-state index contributed by atoms with van der Waals surface area (Å²) in [6, 6.07) is 11.2. The zero-order valence-electron chi connectivity index (χ0n) is 16.6. The van der Waals surface area contributed by atoms with Crippen molar-refractivity contribution in [1.29, 1.82) is 0 Å². The first-order chi connectivity index (χ1) is 14.5. The molecule has 1 fully saturated rings. The number of aliphatic hydroxyl groups excluding tert-OH is 1. The molecule has 0 saturated carbocycles. The summed E-state index contributed by atoms with van der Waals surface area (Å²) < 4.78 is 10.7. The van der Waals surface area contributed by atoms with Crippen molar-refractivity contribution in [1.82, 2.24) is 4.90 Å². The van der Waals surface area contributed by atoms with Crippen molar-refractivity contribution in [3.05, 3.63) is 64.2 Å². The number of carbonyl (C=O) groups is 2. The molecule has 156 valence electrons. The highest BCUT2D eigenvalue weighted by atomic mass is 35.5. The summed E-state index contributed by atoms with van der Waals surface area (Å²) in [5.41, 5.74) is 1.18. The topological polar surface area (TPSA) is 76.1 Å². The van der Waals surface area contributed by atoms with Crippen molar-refractivity contribution in [3.8, 4) is 11.5 Å². The zero-order valence-corrected chi connectivity index (χ0v) is 17.3. The van der Waals surface area contributed by atoms with Crippen molar-refractivity contribution in [2.24, 2.45) is 0 Å². The van der Waals surface area contributed by atoms with Crippen LogP contribution >= 0.6 is 11.6 Å². The van der Waals surface area contributed by atoms with Gasteiger partial charge in [0.2, 0.25) is 6.79 Å². The maximum absolute atomic E-state index is 13.0. The summed E-state index contributed by atoms with van der Waals surface area (Å²) in [6.45, 7) is 2.61. The SMILES string of the molecule is CCCCCN1C(=O)C(=O)/C(=C(\O)c2ccc3c(c2)OCO3)C1c1ccc(Cl)cc1. The van der Waals surface area contributed by atoms with E-state index in [4.69, 9.17) is 21.1 Å². The number of benzene rings is 2. The van der Waals surface area contributed by atoms with Crippen LogP contribution in [0.25, 0.3) is 5.76 Å². The molecule has 2 aromatic carbocycles. The van der Waals surface area contributed by atoms with Gasteiger partial charge in [0.25, 0.3) is 11.7 Å². The van der Waals surface area contributed by atoms with Gasteiger partial charge in [0.05, 0.1) is 11.6 Å². The molecule has 2 aliphatic rings. The monoisotopic (exact) mass is 427 g/mol. The van der Waals surface area contributed by atoms with Crippen LogP contribution in [0.3, 0.4) is 0 Å². The van der Waals surface area contributed by atoms with E-state index in [0.717, 1.165) is 24.8 Å². The number of fused-ring (bicyclic) bond motifs is 1. The number of nitrogens with zero attached hydrogens (tertiary/aromatic N) is 1. The number of ketones is 1. The lowest BCUT2D eigenvalue weighted by Gasteiger charge is -2.25. The molecule has 1 saturated heterocycles. The third-order valence-corrected chi connectivity index (χ3v) is 5.63. The number of ether oxygens (including phenoxy) is 2. The minimum Gasteiger partial charge on any atom is -0.507 e. The summed E-state index contributed by atoms with van der Waals surface area (Å²) in [6.07, 6.45) is 2.71. The Bertz CT molecular complexity index is 1010. The van der Waals surface area contributed by atoms with Crippen molar-refractivity contribution in [2.75, 3.05) is 13.3 Å². The van der Waals surface area contributed by atoms with E-state index >= 15 is 0 Å². The van der Waals surface area contributed by atoms with Crippen LogP contribution < -0.4 is 9.47 Å². The number of likely N-dealkylation sites (tertiary alicyclic amines) is 1. The number of unbranched alkanes of at least 4 members (excludes halogenated alkanes) is 2. The second-order valence-electron chi connectivity index (χ2n) is 7.32. The molecule has 0 radical (unpaired) electrons. The minimum atomic E-state index is -0.693.